The van der Waals surface area contributed by atoms with Crippen molar-refractivity contribution >= 4 is 33.4 Å². The molecule has 0 saturated heterocycles. The molecule has 0 aromatic heterocycles. The Labute approximate surface area is 230 Å². The lowest BCUT2D eigenvalue weighted by molar-refractivity contribution is -0.523. The first-order valence-electron chi connectivity index (χ1n) is 14.1. The first-order chi connectivity index (χ1) is 17.6. The Bertz CT molecular complexity index is 1220. The van der Waals surface area contributed by atoms with Crippen molar-refractivity contribution in [3.05, 3.63) is 77.4 Å². The van der Waals surface area contributed by atoms with E-state index in [-0.39, 0.29) is 12.4 Å². The van der Waals surface area contributed by atoms with Crippen LogP contribution in [0.4, 0.5) is 11.4 Å². The van der Waals surface area contributed by atoms with E-state index >= 15 is 0 Å². The number of rotatable bonds is 9. The van der Waals surface area contributed by atoms with Gasteiger partial charge in [-0.15, -0.1) is 0 Å². The summed E-state index contributed by atoms with van der Waals surface area (Å²) in [4.78, 5) is 2.42. The highest BCUT2D eigenvalue weighted by molar-refractivity contribution is 6.04. The molecule has 1 saturated carbocycles. The number of allylic oxidation sites excluding steroid dienone is 1. The molecule has 1 N–H and O–H groups in total. The summed E-state index contributed by atoms with van der Waals surface area (Å²) >= 11 is 0. The summed E-state index contributed by atoms with van der Waals surface area (Å²) in [7, 11) is 0. The Balaban J connectivity index is 0.00000380. The van der Waals surface area contributed by atoms with E-state index in [9.17, 15) is 0 Å². The topological polar surface area (TPSA) is 18.3 Å². The summed E-state index contributed by atoms with van der Waals surface area (Å²) in [5, 5.41) is 6.21. The summed E-state index contributed by atoms with van der Waals surface area (Å²) in [6.07, 6.45) is 4.63. The predicted molar refractivity (Wildman–Crippen MR) is 159 cm³/mol. The lowest BCUT2D eigenvalue weighted by atomic mass is 9.82. The number of nitrogens with zero attached hydrogens (tertiary/aromatic N) is 2. The highest BCUT2D eigenvalue weighted by Gasteiger charge is 2.23. The van der Waals surface area contributed by atoms with Crippen LogP contribution in [0.3, 0.4) is 0 Å². The smallest absolute Gasteiger partial charge is 0.152 e. The number of nitrogens with one attached hydrogen (secondary N) is 1. The van der Waals surface area contributed by atoms with Crippen molar-refractivity contribution < 1.29 is 17.0 Å². The Morgan fingerprint density at radius 3 is 1.95 bits per heavy atom. The van der Waals surface area contributed by atoms with Gasteiger partial charge in [0.15, 0.2) is 5.71 Å². The standard InChI is InChI=1S/C33H44N3.ClH/c1-6-34-32-24-23-31(29-13-11-12-14-30(29)32)33(25-15-19-27(20-16-25)35(7-2)8-3)26-17-21-28(22-18-26)36(9-4)10-5;/h11-16,19-20,23-24,34H,6-10,17-18,21-22H2,1-5H3;1H/q+1;/p-1. The fourth-order valence-electron chi connectivity index (χ4n) is 5.92. The minimum absolute atomic E-state index is 0. The average Bonchev–Trinajstić information content (AvgIpc) is 2.93. The minimum Gasteiger partial charge on any atom is -1.00 e. The van der Waals surface area contributed by atoms with Gasteiger partial charge in [-0.25, -0.2) is 4.58 Å². The van der Waals surface area contributed by atoms with Crippen LogP contribution in [0.25, 0.3) is 16.3 Å². The van der Waals surface area contributed by atoms with Crippen molar-refractivity contribution in [2.24, 2.45) is 0 Å². The lowest BCUT2D eigenvalue weighted by Crippen LogP contribution is -3.00. The van der Waals surface area contributed by atoms with Gasteiger partial charge >= 0.3 is 0 Å². The van der Waals surface area contributed by atoms with Gasteiger partial charge in [-0.2, -0.15) is 0 Å². The van der Waals surface area contributed by atoms with Crippen LogP contribution in [0.5, 0.6) is 0 Å². The molecule has 0 atom stereocenters. The molecule has 0 unspecified atom stereocenters. The van der Waals surface area contributed by atoms with E-state index in [1.807, 2.05) is 0 Å². The monoisotopic (exact) mass is 517 g/mol. The van der Waals surface area contributed by atoms with Crippen molar-refractivity contribution in [2.45, 2.75) is 60.3 Å². The molecular weight excluding hydrogens is 474 g/mol. The second-order valence-corrected chi connectivity index (χ2v) is 9.67. The Kier molecular flexibility index (Phi) is 10.6. The first kappa shape index (κ1) is 28.8. The molecule has 37 heavy (non-hydrogen) atoms. The van der Waals surface area contributed by atoms with E-state index in [2.05, 4.69) is 110 Å². The molecule has 0 spiro atoms. The molecule has 3 aromatic rings. The van der Waals surface area contributed by atoms with Crippen molar-refractivity contribution in [3.8, 4) is 0 Å². The molecule has 4 heteroatoms. The largest absolute Gasteiger partial charge is 1.00 e. The van der Waals surface area contributed by atoms with E-state index in [4.69, 9.17) is 0 Å². The second kappa shape index (κ2) is 13.7. The van der Waals surface area contributed by atoms with Gasteiger partial charge in [-0.1, -0.05) is 48.0 Å². The molecule has 1 aliphatic carbocycles. The normalized spacial score (nSPS) is 13.3. The molecule has 1 aliphatic rings. The molecule has 198 valence electrons. The van der Waals surface area contributed by atoms with Gasteiger partial charge < -0.3 is 22.6 Å². The van der Waals surface area contributed by atoms with E-state index in [1.54, 1.807) is 11.3 Å². The van der Waals surface area contributed by atoms with Crippen LogP contribution < -0.4 is 22.6 Å². The molecule has 0 heterocycles. The third kappa shape index (κ3) is 6.21. The van der Waals surface area contributed by atoms with Crippen LogP contribution in [-0.2, 0) is 0 Å². The third-order valence-electron chi connectivity index (χ3n) is 7.84. The Hall–Kier alpha value is -2.78. The molecule has 0 radical (unpaired) electrons. The number of fused-ring (bicyclic) bond motifs is 1. The first-order valence-corrected chi connectivity index (χ1v) is 14.1. The van der Waals surface area contributed by atoms with Gasteiger partial charge in [-0.05, 0) is 87.7 Å². The second-order valence-electron chi connectivity index (χ2n) is 9.67. The van der Waals surface area contributed by atoms with E-state index < -0.39 is 0 Å². The third-order valence-corrected chi connectivity index (χ3v) is 7.84. The van der Waals surface area contributed by atoms with E-state index in [0.29, 0.717) is 0 Å². The average molecular weight is 518 g/mol. The summed E-state index contributed by atoms with van der Waals surface area (Å²) in [6, 6.07) is 22.9. The maximum absolute atomic E-state index is 3.57. The van der Waals surface area contributed by atoms with E-state index in [0.717, 1.165) is 45.6 Å². The molecular formula is C33H44ClN3. The predicted octanol–water partition coefficient (Wildman–Crippen LogP) is 4.99. The van der Waals surface area contributed by atoms with Crippen LogP contribution in [0.2, 0.25) is 0 Å². The van der Waals surface area contributed by atoms with Gasteiger partial charge in [0.05, 0.1) is 0 Å². The maximum atomic E-state index is 3.57. The Morgan fingerprint density at radius 2 is 1.38 bits per heavy atom. The summed E-state index contributed by atoms with van der Waals surface area (Å²) in [6.45, 7) is 16.4. The molecule has 4 rings (SSSR count). The molecule has 3 aromatic carbocycles. The summed E-state index contributed by atoms with van der Waals surface area (Å²) in [5.74, 6) is 0. The van der Waals surface area contributed by atoms with Crippen molar-refractivity contribution in [3.63, 3.8) is 0 Å². The SMILES string of the molecule is CCNc1ccc(C(=C2CCC(=[N+](CC)CC)CC2)c2ccc(N(CC)CC)cc2)c2ccccc12.[Cl-]. The maximum Gasteiger partial charge on any atom is 0.152 e. The fraction of sp³-hybridized carbons (Fsp3) is 0.424. The highest BCUT2D eigenvalue weighted by Crippen LogP contribution is 2.39. The molecule has 0 aliphatic heterocycles. The van der Waals surface area contributed by atoms with Crippen molar-refractivity contribution in [2.75, 3.05) is 42.9 Å². The molecule has 1 fully saturated rings. The number of hydrogen-bond donors (Lipinski definition) is 1. The molecule has 3 nitrogen and oxygen atoms in total. The van der Waals surface area contributed by atoms with Gasteiger partial charge in [0.1, 0.15) is 13.1 Å². The zero-order chi connectivity index (χ0) is 25.5. The van der Waals surface area contributed by atoms with Crippen molar-refractivity contribution in [1.82, 2.24) is 0 Å². The fourth-order valence-corrected chi connectivity index (χ4v) is 5.92. The summed E-state index contributed by atoms with van der Waals surface area (Å²) in [5.41, 5.74) is 9.91. The number of anilines is 2. The zero-order valence-electron chi connectivity index (χ0n) is 23.4. The lowest BCUT2D eigenvalue weighted by Gasteiger charge is -2.24. The molecule has 0 amide bonds. The minimum atomic E-state index is 0. The number of halogens is 1. The van der Waals surface area contributed by atoms with Crippen LogP contribution in [-0.4, -0.2) is 43.0 Å². The number of benzene rings is 3. The quantitative estimate of drug-likeness (QED) is 0.403. The van der Waals surface area contributed by atoms with Crippen LogP contribution >= 0.6 is 0 Å². The van der Waals surface area contributed by atoms with Crippen LogP contribution in [0.15, 0.2) is 66.2 Å². The summed E-state index contributed by atoms with van der Waals surface area (Å²) < 4.78 is 2.57. The van der Waals surface area contributed by atoms with Gasteiger partial charge in [0, 0.05) is 49.2 Å². The van der Waals surface area contributed by atoms with Gasteiger partial charge in [-0.3, -0.25) is 0 Å². The zero-order valence-corrected chi connectivity index (χ0v) is 24.2. The van der Waals surface area contributed by atoms with E-state index in [1.165, 1.54) is 51.7 Å². The Morgan fingerprint density at radius 1 is 0.757 bits per heavy atom. The van der Waals surface area contributed by atoms with Gasteiger partial charge in [0.2, 0.25) is 0 Å². The highest BCUT2D eigenvalue weighted by atomic mass is 35.5. The molecule has 0 bridgehead atoms. The van der Waals surface area contributed by atoms with Crippen molar-refractivity contribution in [1.29, 1.82) is 0 Å². The number of hydrogen-bond acceptors (Lipinski definition) is 2. The van der Waals surface area contributed by atoms with Gasteiger partial charge in [0.25, 0.3) is 0 Å². The van der Waals surface area contributed by atoms with Crippen LogP contribution in [0.1, 0.15) is 71.4 Å². The van der Waals surface area contributed by atoms with Crippen LogP contribution in [0, 0.1) is 0 Å².